The van der Waals surface area contributed by atoms with Gasteiger partial charge in [0.05, 0.1) is 16.7 Å². The third-order valence-electron chi connectivity index (χ3n) is 3.91. The topological polar surface area (TPSA) is 63.7 Å². The van der Waals surface area contributed by atoms with E-state index in [1.807, 2.05) is 0 Å². The molecule has 1 fully saturated rings. The lowest BCUT2D eigenvalue weighted by Gasteiger charge is -2.14. The Labute approximate surface area is 164 Å². The summed E-state index contributed by atoms with van der Waals surface area (Å²) in [5.74, 6) is -16.3. The van der Waals surface area contributed by atoms with E-state index in [0.29, 0.717) is 17.4 Å². The number of carbonyl (C=O) groups is 3. The van der Waals surface area contributed by atoms with Crippen molar-refractivity contribution in [3.05, 3.63) is 59.4 Å². The maximum absolute atomic E-state index is 13.5. The van der Waals surface area contributed by atoms with E-state index < -0.39 is 63.6 Å². The molecule has 2 aromatic carbocycles. The first-order valence-corrected chi connectivity index (χ1v) is 9.02. The predicted octanol–water partition coefficient (Wildman–Crippen LogP) is 3.35. The van der Waals surface area contributed by atoms with Crippen LogP contribution in [-0.4, -0.2) is 28.8 Å². The van der Waals surface area contributed by atoms with Gasteiger partial charge in [0.2, 0.25) is 46.6 Å². The number of anilines is 1. The molecule has 0 aliphatic carbocycles. The lowest BCUT2D eigenvalue weighted by molar-refractivity contribution is -0.132. The van der Waals surface area contributed by atoms with Gasteiger partial charge in [-0.15, -0.1) is 11.8 Å². The Balaban J connectivity index is 1.67. The van der Waals surface area contributed by atoms with Crippen molar-refractivity contribution in [2.24, 2.45) is 0 Å². The number of imide groups is 1. The molecule has 5 nitrogen and oxygen atoms in total. The summed E-state index contributed by atoms with van der Waals surface area (Å²) < 4.78 is 70.6. The molecule has 1 saturated heterocycles. The van der Waals surface area contributed by atoms with Crippen molar-refractivity contribution in [2.45, 2.75) is 11.7 Å². The molecule has 152 valence electrons. The number of ether oxygens (including phenoxy) is 1. The lowest BCUT2D eigenvalue weighted by Crippen LogP contribution is -2.31. The number of para-hydroxylation sites is 1. The number of benzene rings is 2. The number of amides is 2. The molecule has 1 unspecified atom stereocenters. The molecule has 0 saturated carbocycles. The second-order valence-electron chi connectivity index (χ2n) is 5.78. The first kappa shape index (κ1) is 20.8. The molecule has 2 aromatic rings. The van der Waals surface area contributed by atoms with Gasteiger partial charge in [-0.25, -0.2) is 18.1 Å². The predicted molar refractivity (Wildman–Crippen MR) is 91.7 cm³/mol. The Morgan fingerprint density at radius 1 is 0.966 bits per heavy atom. The fraction of sp³-hybridized carbons (Fsp3) is 0.167. The number of nitrogens with zero attached hydrogens (tertiary/aromatic N) is 1. The minimum absolute atomic E-state index is 0.228. The maximum atomic E-state index is 13.5. The van der Waals surface area contributed by atoms with Gasteiger partial charge in [-0.1, -0.05) is 18.2 Å². The van der Waals surface area contributed by atoms with Crippen LogP contribution in [0.15, 0.2) is 30.3 Å². The van der Waals surface area contributed by atoms with Gasteiger partial charge in [0.1, 0.15) is 0 Å². The monoisotopic (exact) mass is 431 g/mol. The summed E-state index contributed by atoms with van der Waals surface area (Å²) in [6.07, 6.45) is -0.228. The van der Waals surface area contributed by atoms with Crippen LogP contribution < -0.4 is 9.64 Å². The Hall–Kier alpha value is -2.95. The van der Waals surface area contributed by atoms with Crippen molar-refractivity contribution in [2.75, 3.05) is 10.7 Å². The molecule has 0 N–H and O–H groups in total. The molecule has 0 spiro atoms. The highest BCUT2D eigenvalue weighted by Gasteiger charge is 2.40. The average molecular weight is 431 g/mol. The van der Waals surface area contributed by atoms with Crippen LogP contribution in [0.3, 0.4) is 0 Å². The van der Waals surface area contributed by atoms with Crippen LogP contribution in [0, 0.1) is 29.1 Å². The molecule has 1 aliphatic heterocycles. The Morgan fingerprint density at radius 2 is 1.52 bits per heavy atom. The molecule has 1 heterocycles. The fourth-order valence-electron chi connectivity index (χ4n) is 2.57. The Bertz CT molecular complexity index is 972. The van der Waals surface area contributed by atoms with Crippen LogP contribution in [-0.2, 0) is 14.4 Å². The van der Waals surface area contributed by atoms with Gasteiger partial charge in [0, 0.05) is 6.42 Å². The molecule has 1 aliphatic rings. The summed E-state index contributed by atoms with van der Waals surface area (Å²) in [4.78, 5) is 37.2. The normalized spacial score (nSPS) is 16.4. The quantitative estimate of drug-likeness (QED) is 0.182. The van der Waals surface area contributed by atoms with E-state index in [4.69, 9.17) is 0 Å². The lowest BCUT2D eigenvalue weighted by atomic mass is 10.2. The van der Waals surface area contributed by atoms with E-state index in [0.717, 1.165) is 4.90 Å². The highest BCUT2D eigenvalue weighted by molar-refractivity contribution is 8.01. The standard InChI is InChI=1S/C18H10F5NO4S/c19-12-13(20)15(22)17(16(23)14(12)21)28-11(26)7-29-9-6-10(25)24(18(9)27)8-4-2-1-3-5-8/h1-5,9H,6-7H2. The number of hydrogen-bond acceptors (Lipinski definition) is 5. The second kappa shape index (κ2) is 8.19. The van der Waals surface area contributed by atoms with Gasteiger partial charge in [0.15, 0.2) is 0 Å². The van der Waals surface area contributed by atoms with E-state index in [1.165, 1.54) is 0 Å². The van der Waals surface area contributed by atoms with E-state index in [2.05, 4.69) is 4.74 Å². The number of hydrogen-bond donors (Lipinski definition) is 0. The average Bonchev–Trinajstić information content (AvgIpc) is 3.00. The summed E-state index contributed by atoms with van der Waals surface area (Å²) in [7, 11) is 0. The number of carbonyl (C=O) groups excluding carboxylic acids is 3. The van der Waals surface area contributed by atoms with Crippen LogP contribution in [0.4, 0.5) is 27.6 Å². The summed E-state index contributed by atoms with van der Waals surface area (Å²) in [5.41, 5.74) is 0.342. The number of thioether (sulfide) groups is 1. The maximum Gasteiger partial charge on any atom is 0.321 e. The van der Waals surface area contributed by atoms with Crippen LogP contribution >= 0.6 is 11.8 Å². The zero-order chi connectivity index (χ0) is 21.3. The van der Waals surface area contributed by atoms with Crippen LogP contribution in [0.5, 0.6) is 5.75 Å². The van der Waals surface area contributed by atoms with Crippen LogP contribution in [0.2, 0.25) is 0 Å². The SMILES string of the molecule is O=C(CSC1CC(=O)N(c2ccccc2)C1=O)Oc1c(F)c(F)c(F)c(F)c1F. The second-order valence-corrected chi connectivity index (χ2v) is 6.97. The zero-order valence-electron chi connectivity index (χ0n) is 14.3. The molecule has 29 heavy (non-hydrogen) atoms. The minimum atomic E-state index is -2.38. The van der Waals surface area contributed by atoms with Crippen molar-refractivity contribution in [1.82, 2.24) is 0 Å². The number of halogens is 5. The van der Waals surface area contributed by atoms with Crippen molar-refractivity contribution < 1.29 is 41.1 Å². The molecule has 0 aromatic heterocycles. The minimum Gasteiger partial charge on any atom is -0.419 e. The molecule has 0 radical (unpaired) electrons. The zero-order valence-corrected chi connectivity index (χ0v) is 15.1. The molecule has 0 bridgehead atoms. The van der Waals surface area contributed by atoms with Gasteiger partial charge >= 0.3 is 5.97 Å². The summed E-state index contributed by atoms with van der Waals surface area (Å²) >= 11 is 0.652. The van der Waals surface area contributed by atoms with E-state index in [-0.39, 0.29) is 6.42 Å². The number of rotatable bonds is 5. The van der Waals surface area contributed by atoms with Gasteiger partial charge in [-0.3, -0.25) is 14.4 Å². The summed E-state index contributed by atoms with van der Waals surface area (Å²) in [6, 6.07) is 8.02. The summed E-state index contributed by atoms with van der Waals surface area (Å²) in [6.45, 7) is 0. The van der Waals surface area contributed by atoms with Gasteiger partial charge < -0.3 is 4.74 Å². The fourth-order valence-corrected chi connectivity index (χ4v) is 3.47. The summed E-state index contributed by atoms with van der Waals surface area (Å²) in [5, 5.41) is -0.966. The van der Waals surface area contributed by atoms with E-state index in [1.54, 1.807) is 30.3 Å². The van der Waals surface area contributed by atoms with Crippen LogP contribution in [0.25, 0.3) is 0 Å². The first-order valence-electron chi connectivity index (χ1n) is 7.98. The third kappa shape index (κ3) is 3.95. The van der Waals surface area contributed by atoms with Gasteiger partial charge in [0.25, 0.3) is 0 Å². The van der Waals surface area contributed by atoms with Crippen molar-refractivity contribution in [3.63, 3.8) is 0 Å². The Morgan fingerprint density at radius 3 is 2.10 bits per heavy atom. The van der Waals surface area contributed by atoms with E-state index >= 15 is 0 Å². The largest absolute Gasteiger partial charge is 0.419 e. The van der Waals surface area contributed by atoms with Crippen LogP contribution in [0.1, 0.15) is 6.42 Å². The number of esters is 1. The highest BCUT2D eigenvalue weighted by atomic mass is 32.2. The van der Waals surface area contributed by atoms with Gasteiger partial charge in [-0.05, 0) is 12.1 Å². The third-order valence-corrected chi connectivity index (χ3v) is 5.08. The van der Waals surface area contributed by atoms with Crippen molar-refractivity contribution in [1.29, 1.82) is 0 Å². The van der Waals surface area contributed by atoms with Crippen molar-refractivity contribution >= 4 is 35.2 Å². The highest BCUT2D eigenvalue weighted by Crippen LogP contribution is 2.31. The first-order chi connectivity index (χ1) is 13.7. The molecular formula is C18H10F5NO4S. The smallest absolute Gasteiger partial charge is 0.321 e. The molecular weight excluding hydrogens is 421 g/mol. The molecule has 1 atom stereocenters. The van der Waals surface area contributed by atoms with E-state index in [9.17, 15) is 36.3 Å². The van der Waals surface area contributed by atoms with Crippen molar-refractivity contribution in [3.8, 4) is 5.75 Å². The Kier molecular flexibility index (Phi) is 5.87. The van der Waals surface area contributed by atoms with Gasteiger partial charge in [-0.2, -0.15) is 8.78 Å². The molecule has 2 amide bonds. The molecule has 11 heteroatoms. The molecule has 3 rings (SSSR count).